The molecule has 0 unspecified atom stereocenters. The minimum absolute atomic E-state index is 3.32. The summed E-state index contributed by atoms with van der Waals surface area (Å²) in [6.07, 6.45) is -3.73. The Hall–Kier alpha value is -1.58. The molecule has 4 bridgehead atoms. The molecule has 2 nitrogen and oxygen atoms in total. The van der Waals surface area contributed by atoms with Crippen molar-refractivity contribution in [3.8, 4) is 0 Å². The molecular weight excluding hydrogens is 461 g/mol. The maximum Gasteiger partial charge on any atom is 0.339 e. The normalized spacial score (nSPS) is 49.1. The Balaban J connectivity index is 2.73. The summed E-state index contributed by atoms with van der Waals surface area (Å²) >= 11 is 0. The second-order valence-corrected chi connectivity index (χ2v) is 6.90. The first-order valence-corrected chi connectivity index (χ1v) is 6.97. The van der Waals surface area contributed by atoms with E-state index in [4.69, 9.17) is 5.11 Å². The van der Waals surface area contributed by atoms with Gasteiger partial charge in [0, 0.05) is 0 Å². The molecule has 4 saturated carbocycles. The lowest BCUT2D eigenvalue weighted by molar-refractivity contribution is -0.612. The zero-order valence-electron chi connectivity index (χ0n) is 12.7. The molecule has 29 heavy (non-hydrogen) atoms. The van der Waals surface area contributed by atoms with E-state index in [1.54, 1.807) is 0 Å². The number of aliphatic carboxylic acids is 1. The van der Waals surface area contributed by atoms with Gasteiger partial charge in [-0.05, 0) is 0 Å². The highest BCUT2D eigenvalue weighted by atomic mass is 19.3. The standard InChI is InChI=1S/C12H3F15O2/c13-4-7(16,17)3(1-2(28)29)8(18,19)5(14,10(4,22)23)12(26,27)6(15,9(3,20)21)11(4,24)25/h1H2,(H,28,29). The fraction of sp³-hybridized carbons (Fsp3) is 0.917. The first-order chi connectivity index (χ1) is 12.4. The zero-order chi connectivity index (χ0) is 23.3. The molecule has 0 radical (unpaired) electrons. The average molecular weight is 464 g/mol. The third kappa shape index (κ3) is 1.27. The van der Waals surface area contributed by atoms with E-state index in [9.17, 15) is 70.7 Å². The SMILES string of the molecule is O=C(O)CC12C(F)(F)C3(F)C(F)(F)C(F)(C(F)(F)C(F)(C3(F)F)C1(F)F)C2(F)F. The van der Waals surface area contributed by atoms with E-state index in [2.05, 4.69) is 0 Å². The largest absolute Gasteiger partial charge is 0.481 e. The maximum absolute atomic E-state index is 14.5. The quantitative estimate of drug-likeness (QED) is 0.615. The molecule has 168 valence electrons. The van der Waals surface area contributed by atoms with Crippen LogP contribution >= 0.6 is 0 Å². The second kappa shape index (κ2) is 4.38. The first kappa shape index (κ1) is 22.1. The van der Waals surface area contributed by atoms with E-state index in [0.29, 0.717) is 0 Å². The minimum atomic E-state index is -7.88. The van der Waals surface area contributed by atoms with Crippen molar-refractivity contribution in [3.63, 3.8) is 0 Å². The molecule has 0 aromatic heterocycles. The van der Waals surface area contributed by atoms with Crippen LogP contribution in [0.2, 0.25) is 0 Å². The summed E-state index contributed by atoms with van der Waals surface area (Å²) in [7, 11) is 0. The van der Waals surface area contributed by atoms with E-state index in [1.807, 2.05) is 0 Å². The predicted molar refractivity (Wildman–Crippen MR) is 55.9 cm³/mol. The number of halogens is 15. The van der Waals surface area contributed by atoms with Crippen LogP contribution in [0.15, 0.2) is 0 Å². The highest BCUT2D eigenvalue weighted by molar-refractivity contribution is 5.70. The molecule has 0 amide bonds. The monoisotopic (exact) mass is 464 g/mol. The summed E-state index contributed by atoms with van der Waals surface area (Å²) in [4.78, 5) is 10.6. The Morgan fingerprint density at radius 1 is 0.483 bits per heavy atom. The van der Waals surface area contributed by atoms with Crippen molar-refractivity contribution in [1.82, 2.24) is 0 Å². The van der Waals surface area contributed by atoms with Gasteiger partial charge in [0.1, 0.15) is 0 Å². The Bertz CT molecular complexity index is 703. The molecule has 0 aliphatic heterocycles. The van der Waals surface area contributed by atoms with Crippen LogP contribution in [0, 0.1) is 5.41 Å². The highest BCUT2D eigenvalue weighted by Crippen LogP contribution is 2.91. The lowest BCUT2D eigenvalue weighted by Crippen LogP contribution is -3.07. The molecule has 17 heteroatoms. The number of rotatable bonds is 2. The number of carbonyl (C=O) groups is 1. The summed E-state index contributed by atoms with van der Waals surface area (Å²) in [5, 5.41) is 8.38. The van der Waals surface area contributed by atoms with Gasteiger partial charge in [-0.2, -0.15) is 26.3 Å². The van der Waals surface area contributed by atoms with Gasteiger partial charge in [0.15, 0.2) is 5.41 Å². The van der Waals surface area contributed by atoms with E-state index in [1.165, 1.54) is 0 Å². The van der Waals surface area contributed by atoms with Gasteiger partial charge in [-0.25, -0.2) is 39.5 Å². The molecule has 4 aliphatic carbocycles. The van der Waals surface area contributed by atoms with E-state index in [0.717, 1.165) is 0 Å². The van der Waals surface area contributed by atoms with Gasteiger partial charge >= 0.3 is 58.5 Å². The number of carboxylic acid groups (broad SMARTS) is 1. The summed E-state index contributed by atoms with van der Waals surface area (Å²) in [6.45, 7) is 0. The molecule has 0 saturated heterocycles. The number of carboxylic acids is 1. The van der Waals surface area contributed by atoms with Crippen molar-refractivity contribution < 1.29 is 75.8 Å². The molecule has 4 aliphatic rings. The van der Waals surface area contributed by atoms with Crippen LogP contribution < -0.4 is 0 Å². The molecule has 0 spiro atoms. The first-order valence-electron chi connectivity index (χ1n) is 6.97. The molecule has 1 N–H and O–H groups in total. The molecule has 0 aromatic rings. The molecule has 0 aromatic carbocycles. The Labute approximate surface area is 147 Å². The van der Waals surface area contributed by atoms with Crippen molar-refractivity contribution in [2.75, 3.05) is 0 Å². The molecule has 0 heterocycles. The van der Waals surface area contributed by atoms with Gasteiger partial charge in [-0.1, -0.05) is 0 Å². The smallest absolute Gasteiger partial charge is 0.339 e. The van der Waals surface area contributed by atoms with E-state index in [-0.39, 0.29) is 0 Å². The molecular formula is C12H3F15O2. The lowest BCUT2D eigenvalue weighted by atomic mass is 9.36. The van der Waals surface area contributed by atoms with Crippen LogP contribution in [0.1, 0.15) is 6.42 Å². The fourth-order valence-corrected chi connectivity index (χ4v) is 4.52. The highest BCUT2D eigenvalue weighted by Gasteiger charge is 3.22. The summed E-state index contributed by atoms with van der Waals surface area (Å²) < 4.78 is 213. The maximum atomic E-state index is 14.5. The second-order valence-electron chi connectivity index (χ2n) is 6.90. The minimum Gasteiger partial charge on any atom is -0.481 e. The van der Waals surface area contributed by atoms with Gasteiger partial charge in [-0.3, -0.25) is 4.79 Å². The molecule has 4 fully saturated rings. The van der Waals surface area contributed by atoms with Gasteiger partial charge in [0.2, 0.25) is 0 Å². The van der Waals surface area contributed by atoms with Gasteiger partial charge in [0.05, 0.1) is 6.42 Å². The third-order valence-corrected chi connectivity index (χ3v) is 5.92. The van der Waals surface area contributed by atoms with Crippen LogP contribution in [0.25, 0.3) is 0 Å². The van der Waals surface area contributed by atoms with Crippen LogP contribution in [0.5, 0.6) is 0 Å². The third-order valence-electron chi connectivity index (χ3n) is 5.92. The van der Waals surface area contributed by atoms with Gasteiger partial charge < -0.3 is 5.11 Å². The Kier molecular flexibility index (Phi) is 3.34. The predicted octanol–water partition coefficient (Wildman–Crippen LogP) is 4.43. The Morgan fingerprint density at radius 3 is 0.862 bits per heavy atom. The molecule has 0 atom stereocenters. The van der Waals surface area contributed by atoms with Crippen LogP contribution in [0.3, 0.4) is 0 Å². The van der Waals surface area contributed by atoms with Crippen LogP contribution in [-0.4, -0.2) is 63.6 Å². The van der Waals surface area contributed by atoms with Gasteiger partial charge in [0.25, 0.3) is 0 Å². The van der Waals surface area contributed by atoms with E-state index < -0.39 is 70.3 Å². The average Bonchev–Trinajstić information content (AvgIpc) is 2.51. The van der Waals surface area contributed by atoms with E-state index >= 15 is 0 Å². The van der Waals surface area contributed by atoms with Crippen molar-refractivity contribution in [2.45, 2.75) is 59.0 Å². The fourth-order valence-electron chi connectivity index (χ4n) is 4.52. The van der Waals surface area contributed by atoms with Crippen molar-refractivity contribution >= 4 is 5.97 Å². The summed E-state index contributed by atoms with van der Waals surface area (Å²) in [5.41, 5.74) is -30.1. The number of hydrogen-bond acceptors (Lipinski definition) is 1. The lowest BCUT2D eigenvalue weighted by Gasteiger charge is -2.75. The van der Waals surface area contributed by atoms with Crippen molar-refractivity contribution in [1.29, 1.82) is 0 Å². The van der Waals surface area contributed by atoms with Crippen molar-refractivity contribution in [3.05, 3.63) is 0 Å². The molecule has 4 rings (SSSR count). The number of hydrogen-bond donors (Lipinski definition) is 1. The van der Waals surface area contributed by atoms with Crippen molar-refractivity contribution in [2.24, 2.45) is 5.41 Å². The topological polar surface area (TPSA) is 37.3 Å². The summed E-state index contributed by atoms with van der Waals surface area (Å²) in [6, 6.07) is 0. The summed E-state index contributed by atoms with van der Waals surface area (Å²) in [5.74, 6) is -49.9. The van der Waals surface area contributed by atoms with Gasteiger partial charge in [-0.15, -0.1) is 0 Å². The van der Waals surface area contributed by atoms with Crippen LogP contribution in [-0.2, 0) is 4.79 Å². The number of alkyl halides is 15. The Morgan fingerprint density at radius 2 is 0.690 bits per heavy atom. The zero-order valence-corrected chi connectivity index (χ0v) is 12.7. The van der Waals surface area contributed by atoms with Crippen LogP contribution in [0.4, 0.5) is 65.9 Å².